The molecule has 156 valence electrons. The number of carbonyl (C=O) groups excluding carboxylic acids is 2. The summed E-state index contributed by atoms with van der Waals surface area (Å²) >= 11 is 0. The van der Waals surface area contributed by atoms with Gasteiger partial charge in [0.15, 0.2) is 0 Å². The normalized spacial score (nSPS) is 12.0. The monoisotopic (exact) mass is 420 g/mol. The van der Waals surface area contributed by atoms with Crippen molar-refractivity contribution in [3.8, 4) is 0 Å². The van der Waals surface area contributed by atoms with E-state index in [-0.39, 0.29) is 0 Å². The van der Waals surface area contributed by atoms with Crippen molar-refractivity contribution in [3.63, 3.8) is 0 Å². The Bertz CT molecular complexity index is 1030. The van der Waals surface area contributed by atoms with Crippen molar-refractivity contribution in [1.82, 2.24) is 0 Å². The van der Waals surface area contributed by atoms with Gasteiger partial charge in [-0.25, -0.2) is 0 Å². The summed E-state index contributed by atoms with van der Waals surface area (Å²) in [5, 5.41) is 0.416. The van der Waals surface area contributed by atoms with Gasteiger partial charge in [-0.05, 0) is 0 Å². The quantitative estimate of drug-likeness (QED) is 0.555. The molecule has 3 aromatic carbocycles. The van der Waals surface area contributed by atoms with E-state index < -0.39 is 18.5 Å². The van der Waals surface area contributed by atoms with E-state index in [9.17, 15) is 14.5 Å². The van der Waals surface area contributed by atoms with Crippen molar-refractivity contribution in [1.29, 1.82) is 0 Å². The molecule has 4 heteroatoms. The number of hydrogen-bond donors (Lipinski definition) is 1. The fourth-order valence-corrected chi connectivity index (χ4v) is 7.40. The molecule has 0 heterocycles. The van der Waals surface area contributed by atoms with Crippen molar-refractivity contribution < 1.29 is 14.5 Å². The predicted octanol–water partition coefficient (Wildman–Crippen LogP) is 5.50. The first kappa shape index (κ1) is 22.1. The molecule has 3 nitrogen and oxygen atoms in total. The summed E-state index contributed by atoms with van der Waals surface area (Å²) in [6.45, 7) is 11.4. The molecule has 0 aliphatic carbocycles. The van der Waals surface area contributed by atoms with Crippen LogP contribution in [-0.4, -0.2) is 15.9 Å². The molecule has 0 fully saturated rings. The van der Waals surface area contributed by atoms with Crippen LogP contribution in [0.4, 0.5) is 0 Å². The first-order valence-electron chi connectivity index (χ1n) is 10.1. The van der Waals surface area contributed by atoms with Crippen LogP contribution in [0.1, 0.15) is 54.1 Å². The van der Waals surface area contributed by atoms with Crippen molar-refractivity contribution in [2.24, 2.45) is 0 Å². The summed E-state index contributed by atoms with van der Waals surface area (Å²) in [4.78, 5) is 39.8. The minimum atomic E-state index is -4.25. The zero-order chi connectivity index (χ0) is 22.2. The van der Waals surface area contributed by atoms with Gasteiger partial charge in [0.25, 0.3) is 0 Å². The molecule has 1 N–H and O–H groups in total. The molecule has 0 atom stereocenters. The van der Waals surface area contributed by atoms with Crippen LogP contribution in [0.2, 0.25) is 0 Å². The molecular weight excluding hydrogens is 391 g/mol. The van der Waals surface area contributed by atoms with E-state index in [2.05, 4.69) is 0 Å². The van der Waals surface area contributed by atoms with Gasteiger partial charge in [-0.3, -0.25) is 0 Å². The Kier molecular flexibility index (Phi) is 6.08. The topological polar surface area (TPSA) is 54.4 Å². The third-order valence-corrected chi connectivity index (χ3v) is 8.64. The van der Waals surface area contributed by atoms with E-state index in [1.165, 1.54) is 0 Å². The van der Waals surface area contributed by atoms with E-state index in [0.29, 0.717) is 16.4 Å². The van der Waals surface area contributed by atoms with Gasteiger partial charge < -0.3 is 0 Å². The van der Waals surface area contributed by atoms with Crippen LogP contribution in [0, 0.1) is 41.5 Å². The van der Waals surface area contributed by atoms with Crippen LogP contribution in [0.25, 0.3) is 0 Å². The summed E-state index contributed by atoms with van der Waals surface area (Å²) in [6, 6.07) is 16.4. The number of carbonyl (C=O) groups is 2. The Balaban J connectivity index is 2.29. The summed E-state index contributed by atoms with van der Waals surface area (Å²) in [5.41, 5.74) is 5.22. The van der Waals surface area contributed by atoms with E-state index >= 15 is 0 Å². The Morgan fingerprint density at radius 2 is 0.967 bits per heavy atom. The fraction of sp³-hybridized carbons (Fsp3) is 0.231. The van der Waals surface area contributed by atoms with Crippen LogP contribution < -0.4 is 5.30 Å². The van der Waals surface area contributed by atoms with E-state index in [4.69, 9.17) is 0 Å². The first-order valence-corrected chi connectivity index (χ1v) is 12.0. The Labute approximate surface area is 179 Å². The molecule has 0 unspecified atom stereocenters. The third kappa shape index (κ3) is 3.76. The van der Waals surface area contributed by atoms with Crippen molar-refractivity contribution in [3.05, 3.63) is 99.1 Å². The molecular formula is C26H29O3P. The molecule has 0 aromatic heterocycles. The van der Waals surface area contributed by atoms with Crippen molar-refractivity contribution in [2.45, 2.75) is 41.5 Å². The molecule has 30 heavy (non-hydrogen) atoms. The maximum absolute atomic E-state index is 13.9. The molecule has 3 rings (SSSR count). The predicted molar refractivity (Wildman–Crippen MR) is 127 cm³/mol. The van der Waals surface area contributed by atoms with Gasteiger partial charge in [0.1, 0.15) is 0 Å². The van der Waals surface area contributed by atoms with Gasteiger partial charge >= 0.3 is 179 Å². The Morgan fingerprint density at radius 1 is 0.633 bits per heavy atom. The molecule has 0 spiro atoms. The summed E-state index contributed by atoms with van der Waals surface area (Å²) in [7, 11) is -4.25. The minimum absolute atomic E-state index is 0.416. The van der Waals surface area contributed by atoms with Crippen LogP contribution in [0.15, 0.2) is 54.6 Å². The molecule has 0 saturated heterocycles. The van der Waals surface area contributed by atoms with Crippen LogP contribution in [0.3, 0.4) is 0 Å². The van der Waals surface area contributed by atoms with Crippen LogP contribution in [0.5, 0.6) is 0 Å². The molecule has 0 bridgehead atoms. The van der Waals surface area contributed by atoms with Crippen LogP contribution >= 0.6 is 7.49 Å². The van der Waals surface area contributed by atoms with Crippen LogP contribution in [-0.2, 0) is 0 Å². The average Bonchev–Trinajstić information content (AvgIpc) is 2.66. The number of hydrogen-bond acceptors (Lipinski definition) is 3. The average molecular weight is 420 g/mol. The van der Waals surface area contributed by atoms with Gasteiger partial charge in [-0.15, -0.1) is 0 Å². The standard InChI is InChI=1S/C26H29O3P/c1-16-12-18(3)23(19(4)13-16)25(27)30(29,22-10-8-7-9-11-22)26(28)24-20(5)14-17(2)15-21(24)6/h7-15,29-30H,1-6H3. The van der Waals surface area contributed by atoms with E-state index in [1.807, 2.05) is 71.9 Å². The maximum atomic E-state index is 13.9. The summed E-state index contributed by atoms with van der Waals surface area (Å²) in [5.74, 6) is 0. The van der Waals surface area contributed by atoms with Gasteiger partial charge in [-0.1, -0.05) is 0 Å². The number of aryl methyl sites for hydroxylation is 6. The molecule has 3 aromatic rings. The van der Waals surface area contributed by atoms with Crippen molar-refractivity contribution in [2.75, 3.05) is 0 Å². The first-order chi connectivity index (χ1) is 14.1. The number of rotatable bonds is 5. The van der Waals surface area contributed by atoms with E-state index in [0.717, 1.165) is 33.4 Å². The molecule has 0 aliphatic heterocycles. The fourth-order valence-electron chi connectivity index (χ4n) is 4.48. The molecule has 0 amide bonds. The second kappa shape index (κ2) is 8.26. The zero-order valence-corrected chi connectivity index (χ0v) is 19.5. The molecule has 0 radical (unpaired) electrons. The molecule has 0 saturated carbocycles. The molecule has 0 aliphatic rings. The SMILES string of the molecule is Cc1cc(C)c(C(=O)[PH](O)(C(=O)c2c(C)cc(C)cc2C)c2ccccc2)c(C)c1. The van der Waals surface area contributed by atoms with Gasteiger partial charge in [0.05, 0.1) is 0 Å². The second-order valence-electron chi connectivity index (χ2n) is 8.28. The van der Waals surface area contributed by atoms with Gasteiger partial charge in [0.2, 0.25) is 0 Å². The van der Waals surface area contributed by atoms with Gasteiger partial charge in [0, 0.05) is 0 Å². The van der Waals surface area contributed by atoms with Gasteiger partial charge in [-0.2, -0.15) is 0 Å². The summed E-state index contributed by atoms with van der Waals surface area (Å²) in [6.07, 6.45) is 0. The Morgan fingerprint density at radius 3 is 1.30 bits per heavy atom. The number of benzene rings is 3. The third-order valence-electron chi connectivity index (χ3n) is 5.66. The van der Waals surface area contributed by atoms with Crippen molar-refractivity contribution >= 4 is 23.8 Å². The van der Waals surface area contributed by atoms with E-state index in [1.54, 1.807) is 24.3 Å². The second-order valence-corrected chi connectivity index (χ2v) is 11.2. The zero-order valence-electron chi connectivity index (χ0n) is 18.5. The Hall–Kier alpha value is -2.61. The summed E-state index contributed by atoms with van der Waals surface area (Å²) < 4.78 is 0.